The molecule has 2 aromatic rings. The van der Waals surface area contributed by atoms with Crippen molar-refractivity contribution in [3.05, 3.63) is 56.5 Å². The van der Waals surface area contributed by atoms with E-state index in [4.69, 9.17) is 27.9 Å². The molecule has 5 heteroatoms. The summed E-state index contributed by atoms with van der Waals surface area (Å²) in [5, 5.41) is 4.46. The first kappa shape index (κ1) is 16.6. The summed E-state index contributed by atoms with van der Waals surface area (Å²) in [5.74, 6) is 1.30. The highest BCUT2D eigenvalue weighted by Crippen LogP contribution is 2.34. The first-order valence-electron chi connectivity index (χ1n) is 6.67. The maximum Gasteiger partial charge on any atom is 0.146 e. The zero-order valence-corrected chi connectivity index (χ0v) is 14.9. The summed E-state index contributed by atoms with van der Waals surface area (Å²) in [6.07, 6.45) is 0. The van der Waals surface area contributed by atoms with Gasteiger partial charge in [-0.2, -0.15) is 0 Å². The molecule has 0 aliphatic rings. The van der Waals surface area contributed by atoms with E-state index in [-0.39, 0.29) is 6.04 Å². The van der Waals surface area contributed by atoms with Crippen molar-refractivity contribution < 1.29 is 4.74 Å². The van der Waals surface area contributed by atoms with E-state index in [1.807, 2.05) is 18.2 Å². The van der Waals surface area contributed by atoms with E-state index in [9.17, 15) is 0 Å². The van der Waals surface area contributed by atoms with Gasteiger partial charge < -0.3 is 10.1 Å². The molecule has 2 nitrogen and oxygen atoms in total. The fourth-order valence-corrected chi connectivity index (χ4v) is 3.17. The Morgan fingerprint density at radius 2 is 1.95 bits per heavy atom. The summed E-state index contributed by atoms with van der Waals surface area (Å²) >= 11 is 15.6. The van der Waals surface area contributed by atoms with Gasteiger partial charge in [-0.25, -0.2) is 0 Å². The molecular weight excluding hydrogens is 373 g/mol. The lowest BCUT2D eigenvalue weighted by Gasteiger charge is -2.16. The molecule has 0 aliphatic heterocycles. The molecule has 0 radical (unpaired) electrons. The molecule has 1 N–H and O–H groups in total. The van der Waals surface area contributed by atoms with Crippen LogP contribution in [0.4, 0.5) is 0 Å². The summed E-state index contributed by atoms with van der Waals surface area (Å²) in [5.41, 5.74) is 1.19. The second kappa shape index (κ2) is 7.50. The van der Waals surface area contributed by atoms with Crippen LogP contribution in [-0.4, -0.2) is 6.54 Å². The van der Waals surface area contributed by atoms with Crippen molar-refractivity contribution in [3.63, 3.8) is 0 Å². The third-order valence-corrected chi connectivity index (χ3v) is 4.29. The quantitative estimate of drug-likeness (QED) is 0.656. The number of hydrogen-bond acceptors (Lipinski definition) is 2. The van der Waals surface area contributed by atoms with E-state index >= 15 is 0 Å². The number of hydrogen-bond donors (Lipinski definition) is 1. The Kier molecular flexibility index (Phi) is 5.94. The number of benzene rings is 2. The predicted molar refractivity (Wildman–Crippen MR) is 92.8 cm³/mol. The van der Waals surface area contributed by atoms with Gasteiger partial charge >= 0.3 is 0 Å². The lowest BCUT2D eigenvalue weighted by Crippen LogP contribution is -2.17. The van der Waals surface area contributed by atoms with Crippen molar-refractivity contribution >= 4 is 39.1 Å². The van der Waals surface area contributed by atoms with Crippen molar-refractivity contribution in [2.45, 2.75) is 19.9 Å². The zero-order valence-electron chi connectivity index (χ0n) is 11.8. The van der Waals surface area contributed by atoms with Gasteiger partial charge in [0.25, 0.3) is 0 Å². The Balaban J connectivity index is 2.20. The Bertz CT molecular complexity index is 634. The fourth-order valence-electron chi connectivity index (χ4n) is 2.02. The van der Waals surface area contributed by atoms with Gasteiger partial charge in [0, 0.05) is 15.5 Å². The third-order valence-electron chi connectivity index (χ3n) is 3.07. The van der Waals surface area contributed by atoms with Gasteiger partial charge in [0.15, 0.2) is 0 Å². The van der Waals surface area contributed by atoms with E-state index in [1.165, 1.54) is 5.56 Å². The molecule has 0 aliphatic carbocycles. The second-order valence-electron chi connectivity index (χ2n) is 4.64. The summed E-state index contributed by atoms with van der Waals surface area (Å²) in [6, 6.07) is 11.4. The molecule has 0 aromatic heterocycles. The Hall–Kier alpha value is -0.740. The summed E-state index contributed by atoms with van der Waals surface area (Å²) in [7, 11) is 0. The van der Waals surface area contributed by atoms with Crippen molar-refractivity contribution in [2.24, 2.45) is 0 Å². The van der Waals surface area contributed by atoms with Gasteiger partial charge in [0.05, 0.1) is 5.02 Å². The minimum Gasteiger partial charge on any atom is -0.456 e. The molecule has 0 fully saturated rings. The van der Waals surface area contributed by atoms with Crippen LogP contribution in [0.15, 0.2) is 40.9 Å². The average molecular weight is 389 g/mol. The van der Waals surface area contributed by atoms with E-state index in [0.29, 0.717) is 15.8 Å². The van der Waals surface area contributed by atoms with Gasteiger partial charge in [-0.3, -0.25) is 0 Å². The molecule has 0 heterocycles. The molecule has 1 atom stereocenters. The van der Waals surface area contributed by atoms with Crippen LogP contribution in [-0.2, 0) is 0 Å². The van der Waals surface area contributed by atoms with Gasteiger partial charge in [0.2, 0.25) is 0 Å². The lowest BCUT2D eigenvalue weighted by atomic mass is 10.1. The Morgan fingerprint density at radius 1 is 1.19 bits per heavy atom. The maximum atomic E-state index is 6.11. The topological polar surface area (TPSA) is 21.3 Å². The molecular formula is C16H16BrCl2NO. The van der Waals surface area contributed by atoms with Gasteiger partial charge in [-0.1, -0.05) is 52.1 Å². The fraction of sp³-hybridized carbons (Fsp3) is 0.250. The molecule has 0 spiro atoms. The molecule has 2 aromatic carbocycles. The molecule has 1 unspecified atom stereocenters. The maximum absolute atomic E-state index is 6.11. The molecule has 0 saturated carbocycles. The van der Waals surface area contributed by atoms with Crippen LogP contribution in [0.1, 0.15) is 25.5 Å². The van der Waals surface area contributed by atoms with Crippen LogP contribution in [0, 0.1) is 0 Å². The van der Waals surface area contributed by atoms with Gasteiger partial charge in [0.1, 0.15) is 11.5 Å². The largest absolute Gasteiger partial charge is 0.456 e. The Morgan fingerprint density at radius 3 is 2.57 bits per heavy atom. The Labute approximate surface area is 143 Å². The minimum atomic E-state index is 0.276. The van der Waals surface area contributed by atoms with E-state index in [1.54, 1.807) is 18.2 Å². The summed E-state index contributed by atoms with van der Waals surface area (Å²) in [4.78, 5) is 0. The van der Waals surface area contributed by atoms with Crippen LogP contribution in [0.3, 0.4) is 0 Å². The zero-order chi connectivity index (χ0) is 15.4. The van der Waals surface area contributed by atoms with Crippen molar-refractivity contribution in [3.8, 4) is 11.5 Å². The predicted octanol–water partition coefficient (Wildman–Crippen LogP) is 6.22. The number of rotatable bonds is 5. The number of ether oxygens (including phenoxy) is 1. The average Bonchev–Trinajstić information content (AvgIpc) is 2.42. The number of nitrogens with one attached hydrogen (secondary N) is 1. The highest BCUT2D eigenvalue weighted by atomic mass is 79.9. The normalized spacial score (nSPS) is 12.2. The van der Waals surface area contributed by atoms with Crippen LogP contribution in [0.5, 0.6) is 11.5 Å². The first-order valence-corrected chi connectivity index (χ1v) is 8.22. The summed E-state index contributed by atoms with van der Waals surface area (Å²) < 4.78 is 6.80. The molecule has 0 amide bonds. The molecule has 0 bridgehead atoms. The molecule has 21 heavy (non-hydrogen) atoms. The molecule has 112 valence electrons. The van der Waals surface area contributed by atoms with Crippen LogP contribution in [0.2, 0.25) is 10.0 Å². The third kappa shape index (κ3) is 4.36. The van der Waals surface area contributed by atoms with E-state index < -0.39 is 0 Å². The van der Waals surface area contributed by atoms with Crippen molar-refractivity contribution in [1.29, 1.82) is 0 Å². The van der Waals surface area contributed by atoms with Crippen LogP contribution < -0.4 is 10.1 Å². The SMILES string of the molecule is CCNC(C)c1ccc(Oc2ccc(Cl)cc2Cl)cc1Br. The molecule has 2 rings (SSSR count). The van der Waals surface area contributed by atoms with Crippen LogP contribution >= 0.6 is 39.1 Å². The van der Waals surface area contributed by atoms with E-state index in [0.717, 1.165) is 16.8 Å². The number of halogens is 3. The minimum absolute atomic E-state index is 0.276. The first-order chi connectivity index (χ1) is 10.0. The summed E-state index contributed by atoms with van der Waals surface area (Å²) in [6.45, 7) is 5.14. The highest BCUT2D eigenvalue weighted by Gasteiger charge is 2.10. The lowest BCUT2D eigenvalue weighted by molar-refractivity contribution is 0.481. The monoisotopic (exact) mass is 387 g/mol. The molecule has 0 saturated heterocycles. The van der Waals surface area contributed by atoms with Crippen molar-refractivity contribution in [2.75, 3.05) is 6.54 Å². The van der Waals surface area contributed by atoms with Gasteiger partial charge in [-0.05, 0) is 49.4 Å². The van der Waals surface area contributed by atoms with Gasteiger partial charge in [-0.15, -0.1) is 0 Å². The van der Waals surface area contributed by atoms with Crippen molar-refractivity contribution in [1.82, 2.24) is 5.32 Å². The van der Waals surface area contributed by atoms with Crippen LogP contribution in [0.25, 0.3) is 0 Å². The second-order valence-corrected chi connectivity index (χ2v) is 6.34. The highest BCUT2D eigenvalue weighted by molar-refractivity contribution is 9.10. The smallest absolute Gasteiger partial charge is 0.146 e. The van der Waals surface area contributed by atoms with E-state index in [2.05, 4.69) is 35.1 Å². The standard InChI is InChI=1S/C16H16BrCl2NO/c1-3-20-10(2)13-6-5-12(9-14(13)17)21-16-7-4-11(18)8-15(16)19/h4-10,20H,3H2,1-2H3.